The molecule has 1 aromatic heterocycles. The maximum atomic E-state index is 11.9. The molecule has 1 aromatic rings. The lowest BCUT2D eigenvalue weighted by molar-refractivity contribution is -0.0498. The summed E-state index contributed by atoms with van der Waals surface area (Å²) >= 11 is 1.04. The monoisotopic (exact) mass is 236 g/mol. The second kappa shape index (κ2) is 5.62. The van der Waals surface area contributed by atoms with Gasteiger partial charge in [-0.3, -0.25) is 4.79 Å². The van der Waals surface area contributed by atoms with E-state index in [2.05, 4.69) is 10.1 Å². The van der Waals surface area contributed by atoms with Crippen LogP contribution >= 0.6 is 11.3 Å². The molecule has 0 aliphatic rings. The fourth-order valence-electron chi connectivity index (χ4n) is 0.918. The van der Waals surface area contributed by atoms with E-state index in [-0.39, 0.29) is 10.6 Å². The molecule has 0 saturated heterocycles. The zero-order valence-electron chi connectivity index (χ0n) is 7.70. The van der Waals surface area contributed by atoms with E-state index in [4.69, 9.17) is 5.73 Å². The fraction of sp³-hybridized carbons (Fsp3) is 0.375. The molecule has 3 N–H and O–H groups in total. The van der Waals surface area contributed by atoms with Gasteiger partial charge in [0.2, 0.25) is 0 Å². The Hall–Kier alpha value is -1.21. The number of rotatable bonds is 5. The summed E-state index contributed by atoms with van der Waals surface area (Å²) < 4.78 is 28.0. The third-order valence-electron chi connectivity index (χ3n) is 1.48. The molecule has 0 aromatic carbocycles. The number of alkyl halides is 2. The molecule has 0 fully saturated rings. The van der Waals surface area contributed by atoms with Gasteiger partial charge >= 0.3 is 6.61 Å². The van der Waals surface area contributed by atoms with E-state index in [1.807, 2.05) is 0 Å². The number of amides is 1. The van der Waals surface area contributed by atoms with Crippen LogP contribution in [0.5, 0.6) is 5.75 Å². The summed E-state index contributed by atoms with van der Waals surface area (Å²) in [5, 5.41) is 3.98. The molecule has 7 heteroatoms. The highest BCUT2D eigenvalue weighted by atomic mass is 32.1. The third-order valence-corrected chi connectivity index (χ3v) is 2.38. The van der Waals surface area contributed by atoms with Crippen LogP contribution in [0, 0.1) is 0 Å². The van der Waals surface area contributed by atoms with E-state index >= 15 is 0 Å². The predicted octanol–water partition coefficient (Wildman–Crippen LogP) is 1.04. The van der Waals surface area contributed by atoms with E-state index in [9.17, 15) is 13.6 Å². The molecule has 0 aliphatic carbocycles. The maximum absolute atomic E-state index is 11.9. The number of ether oxygens (including phenoxy) is 1. The zero-order chi connectivity index (χ0) is 11.3. The molecule has 1 amide bonds. The molecule has 15 heavy (non-hydrogen) atoms. The minimum atomic E-state index is -2.93. The second-order valence-electron chi connectivity index (χ2n) is 2.54. The molecule has 0 spiro atoms. The van der Waals surface area contributed by atoms with E-state index in [1.165, 1.54) is 11.4 Å². The minimum absolute atomic E-state index is 0.107. The Morgan fingerprint density at radius 3 is 3.00 bits per heavy atom. The van der Waals surface area contributed by atoms with Gasteiger partial charge < -0.3 is 15.8 Å². The van der Waals surface area contributed by atoms with Gasteiger partial charge in [-0.15, -0.1) is 11.3 Å². The van der Waals surface area contributed by atoms with Crippen molar-refractivity contribution in [3.63, 3.8) is 0 Å². The number of halogens is 2. The highest BCUT2D eigenvalue weighted by Gasteiger charge is 2.16. The predicted molar refractivity (Wildman–Crippen MR) is 52.3 cm³/mol. The SMILES string of the molecule is NCCNC(=O)c1sccc1OC(F)F. The summed E-state index contributed by atoms with van der Waals surface area (Å²) in [6, 6.07) is 1.33. The fourth-order valence-corrected chi connectivity index (χ4v) is 1.66. The molecule has 0 saturated carbocycles. The number of carbonyl (C=O) groups excluding carboxylic acids is 1. The summed E-state index contributed by atoms with van der Waals surface area (Å²) in [4.78, 5) is 11.5. The van der Waals surface area contributed by atoms with Gasteiger partial charge in [0.05, 0.1) is 0 Å². The van der Waals surface area contributed by atoms with Crippen molar-refractivity contribution in [2.45, 2.75) is 6.61 Å². The molecule has 0 unspecified atom stereocenters. The van der Waals surface area contributed by atoms with E-state index in [0.29, 0.717) is 13.1 Å². The Morgan fingerprint density at radius 2 is 2.40 bits per heavy atom. The highest BCUT2D eigenvalue weighted by molar-refractivity contribution is 7.12. The molecule has 1 heterocycles. The van der Waals surface area contributed by atoms with Crippen LogP contribution in [-0.4, -0.2) is 25.6 Å². The number of thiophene rings is 1. The summed E-state index contributed by atoms with van der Waals surface area (Å²) in [6.45, 7) is -2.34. The van der Waals surface area contributed by atoms with Crippen LogP contribution in [0.4, 0.5) is 8.78 Å². The van der Waals surface area contributed by atoms with Gasteiger partial charge in [-0.1, -0.05) is 0 Å². The lowest BCUT2D eigenvalue weighted by Gasteiger charge is -2.05. The Balaban J connectivity index is 2.67. The largest absolute Gasteiger partial charge is 0.433 e. The Bertz CT molecular complexity index is 330. The third kappa shape index (κ3) is 3.45. The lowest BCUT2D eigenvalue weighted by Crippen LogP contribution is -2.28. The lowest BCUT2D eigenvalue weighted by atomic mass is 10.4. The molecule has 0 radical (unpaired) electrons. The van der Waals surface area contributed by atoms with E-state index in [1.54, 1.807) is 0 Å². The number of nitrogens with one attached hydrogen (secondary N) is 1. The van der Waals surface area contributed by atoms with Crippen LogP contribution in [0.15, 0.2) is 11.4 Å². The van der Waals surface area contributed by atoms with Gasteiger partial charge in [-0.2, -0.15) is 8.78 Å². The molecular weight excluding hydrogens is 226 g/mol. The number of carbonyl (C=O) groups is 1. The number of hydrogen-bond donors (Lipinski definition) is 2. The average Bonchev–Trinajstić information content (AvgIpc) is 2.61. The van der Waals surface area contributed by atoms with Crippen molar-refractivity contribution in [2.24, 2.45) is 5.73 Å². The quantitative estimate of drug-likeness (QED) is 0.802. The second-order valence-corrected chi connectivity index (χ2v) is 3.45. The van der Waals surface area contributed by atoms with Crippen molar-refractivity contribution in [3.05, 3.63) is 16.3 Å². The maximum Gasteiger partial charge on any atom is 0.387 e. The van der Waals surface area contributed by atoms with Gasteiger partial charge in [0.15, 0.2) is 0 Å². The summed E-state index contributed by atoms with van der Waals surface area (Å²) in [5.41, 5.74) is 5.19. The molecule has 1 rings (SSSR count). The van der Waals surface area contributed by atoms with Crippen LogP contribution in [0.25, 0.3) is 0 Å². The first-order chi connectivity index (χ1) is 7.15. The van der Waals surface area contributed by atoms with Crippen molar-refractivity contribution in [3.8, 4) is 5.75 Å². The first kappa shape index (κ1) is 11.9. The summed E-state index contributed by atoms with van der Waals surface area (Å²) in [5.74, 6) is -0.560. The standard InChI is InChI=1S/C8H10F2N2O2S/c9-8(10)14-5-1-4-15-6(5)7(13)12-3-2-11/h1,4,8H,2-3,11H2,(H,12,13). The molecular formula is C8H10F2N2O2S. The van der Waals surface area contributed by atoms with Gasteiger partial charge in [0, 0.05) is 13.1 Å². The van der Waals surface area contributed by atoms with Crippen molar-refractivity contribution < 1.29 is 18.3 Å². The molecule has 0 atom stereocenters. The minimum Gasteiger partial charge on any atom is -0.433 e. The molecule has 0 bridgehead atoms. The zero-order valence-corrected chi connectivity index (χ0v) is 8.52. The summed E-state index contributed by atoms with van der Waals surface area (Å²) in [6.07, 6.45) is 0. The van der Waals surface area contributed by atoms with Crippen molar-refractivity contribution >= 4 is 17.2 Å². The van der Waals surface area contributed by atoms with Gasteiger partial charge in [-0.25, -0.2) is 0 Å². The van der Waals surface area contributed by atoms with Crippen molar-refractivity contribution in [1.82, 2.24) is 5.32 Å². The Kier molecular flexibility index (Phi) is 4.44. The summed E-state index contributed by atoms with van der Waals surface area (Å²) in [7, 11) is 0. The first-order valence-electron chi connectivity index (χ1n) is 4.15. The average molecular weight is 236 g/mol. The van der Waals surface area contributed by atoms with Gasteiger partial charge in [-0.05, 0) is 11.4 Å². The highest BCUT2D eigenvalue weighted by Crippen LogP contribution is 2.26. The molecule has 4 nitrogen and oxygen atoms in total. The first-order valence-corrected chi connectivity index (χ1v) is 5.03. The van der Waals surface area contributed by atoms with Crippen LogP contribution in [0.2, 0.25) is 0 Å². The van der Waals surface area contributed by atoms with Crippen LogP contribution in [-0.2, 0) is 0 Å². The smallest absolute Gasteiger partial charge is 0.387 e. The normalized spacial score (nSPS) is 10.4. The van der Waals surface area contributed by atoms with Crippen molar-refractivity contribution in [2.75, 3.05) is 13.1 Å². The number of hydrogen-bond acceptors (Lipinski definition) is 4. The van der Waals surface area contributed by atoms with E-state index < -0.39 is 12.5 Å². The van der Waals surface area contributed by atoms with E-state index in [0.717, 1.165) is 11.3 Å². The van der Waals surface area contributed by atoms with Gasteiger partial charge in [0.1, 0.15) is 10.6 Å². The topological polar surface area (TPSA) is 64.3 Å². The van der Waals surface area contributed by atoms with Crippen LogP contribution < -0.4 is 15.8 Å². The molecule has 84 valence electrons. The Labute approximate surface area is 89.0 Å². The molecule has 0 aliphatic heterocycles. The van der Waals surface area contributed by atoms with Gasteiger partial charge in [0.25, 0.3) is 5.91 Å². The van der Waals surface area contributed by atoms with Crippen LogP contribution in [0.3, 0.4) is 0 Å². The van der Waals surface area contributed by atoms with Crippen molar-refractivity contribution in [1.29, 1.82) is 0 Å². The van der Waals surface area contributed by atoms with Crippen LogP contribution in [0.1, 0.15) is 9.67 Å². The number of nitrogens with two attached hydrogens (primary N) is 1. The Morgan fingerprint density at radius 1 is 1.67 bits per heavy atom.